The number of nitrogens with two attached hydrogens (primary N) is 3. The van der Waals surface area contributed by atoms with E-state index in [0.717, 1.165) is 16.7 Å². The Morgan fingerprint density at radius 2 is 1.74 bits per heavy atom. The van der Waals surface area contributed by atoms with Crippen LogP contribution >= 0.6 is 0 Å². The van der Waals surface area contributed by atoms with Crippen LogP contribution in [-0.2, 0) is 12.0 Å². The molecule has 0 saturated carbocycles. The van der Waals surface area contributed by atoms with E-state index in [1.54, 1.807) is 18.2 Å². The van der Waals surface area contributed by atoms with Gasteiger partial charge in [-0.25, -0.2) is 0 Å². The molecule has 1 aliphatic carbocycles. The van der Waals surface area contributed by atoms with Gasteiger partial charge in [0.05, 0.1) is 11.2 Å². The van der Waals surface area contributed by atoms with Gasteiger partial charge in [-0.1, -0.05) is 60.7 Å². The van der Waals surface area contributed by atoms with E-state index in [2.05, 4.69) is 5.32 Å². The van der Waals surface area contributed by atoms with Gasteiger partial charge < -0.3 is 22.5 Å². The predicted octanol–water partition coefficient (Wildman–Crippen LogP) is 3.75. The van der Waals surface area contributed by atoms with Gasteiger partial charge in [-0.05, 0) is 55.2 Å². The number of rotatable bonds is 6. The Bertz CT molecular complexity index is 1050. The average Bonchev–Trinajstić information content (AvgIpc) is 2.96. The van der Waals surface area contributed by atoms with Crippen LogP contribution in [0.3, 0.4) is 0 Å². The fourth-order valence-electron chi connectivity index (χ4n) is 3.63. The average molecular weight is 415 g/mol. The predicted molar refractivity (Wildman–Crippen MR) is 127 cm³/mol. The van der Waals surface area contributed by atoms with Crippen LogP contribution in [0.1, 0.15) is 41.8 Å². The molecule has 0 spiro atoms. The summed E-state index contributed by atoms with van der Waals surface area (Å²) in [4.78, 5) is 12.7. The highest BCUT2D eigenvalue weighted by atomic mass is 16.1. The summed E-state index contributed by atoms with van der Waals surface area (Å²) in [7, 11) is 0. The third-order valence-electron chi connectivity index (χ3n) is 5.52. The van der Waals surface area contributed by atoms with Crippen molar-refractivity contribution < 1.29 is 4.79 Å². The molecule has 2 aromatic rings. The van der Waals surface area contributed by atoms with Crippen molar-refractivity contribution in [3.8, 4) is 0 Å². The van der Waals surface area contributed by atoms with Crippen molar-refractivity contribution in [2.24, 2.45) is 17.2 Å². The van der Waals surface area contributed by atoms with Crippen molar-refractivity contribution in [1.29, 1.82) is 0 Å². The van der Waals surface area contributed by atoms with Crippen LogP contribution in [0.5, 0.6) is 0 Å². The highest BCUT2D eigenvalue weighted by Gasteiger charge is 2.27. The first-order valence-electron chi connectivity index (χ1n) is 10.3. The summed E-state index contributed by atoms with van der Waals surface area (Å²) < 4.78 is 0. The third-order valence-corrected chi connectivity index (χ3v) is 5.52. The molecule has 1 amide bonds. The van der Waals surface area contributed by atoms with E-state index in [4.69, 9.17) is 17.2 Å². The highest BCUT2D eigenvalue weighted by molar-refractivity contribution is 5.95. The number of nitrogens with one attached hydrogen (secondary N) is 1. The molecule has 0 aliphatic heterocycles. The number of carbonyl (C=O) groups excluding carboxylic acids is 1. The van der Waals surface area contributed by atoms with Crippen LogP contribution < -0.4 is 22.5 Å². The Morgan fingerprint density at radius 3 is 2.39 bits per heavy atom. The van der Waals surface area contributed by atoms with Crippen LogP contribution in [0.2, 0.25) is 0 Å². The van der Waals surface area contributed by atoms with Crippen molar-refractivity contribution in [1.82, 2.24) is 5.32 Å². The van der Waals surface area contributed by atoms with E-state index >= 15 is 0 Å². The van der Waals surface area contributed by atoms with Crippen molar-refractivity contribution in [3.63, 3.8) is 0 Å². The van der Waals surface area contributed by atoms with Crippen molar-refractivity contribution in [3.05, 3.63) is 118 Å². The maximum absolute atomic E-state index is 12.7. The molecule has 7 N–H and O–H groups in total. The molecule has 0 bridgehead atoms. The molecule has 2 aromatic carbocycles. The van der Waals surface area contributed by atoms with Crippen LogP contribution in [-0.4, -0.2) is 5.91 Å². The molecule has 1 atom stereocenters. The fraction of sp³-hybridized carbons (Fsp3) is 0.192. The Balaban J connectivity index is 1.76. The summed E-state index contributed by atoms with van der Waals surface area (Å²) in [5, 5.41) is 2.89. The summed E-state index contributed by atoms with van der Waals surface area (Å²) in [6.45, 7) is 3.85. The second-order valence-electron chi connectivity index (χ2n) is 7.99. The smallest absolute Gasteiger partial charge is 0.255 e. The van der Waals surface area contributed by atoms with E-state index in [1.165, 1.54) is 0 Å². The van der Waals surface area contributed by atoms with E-state index in [-0.39, 0.29) is 5.91 Å². The maximum atomic E-state index is 12.7. The summed E-state index contributed by atoms with van der Waals surface area (Å²) in [6, 6.07) is 17.4. The second kappa shape index (κ2) is 9.49. The first-order chi connectivity index (χ1) is 14.8. The van der Waals surface area contributed by atoms with E-state index < -0.39 is 5.54 Å². The van der Waals surface area contributed by atoms with Gasteiger partial charge in [0.2, 0.25) is 0 Å². The molecule has 1 aliphatic rings. The fourth-order valence-corrected chi connectivity index (χ4v) is 3.63. The van der Waals surface area contributed by atoms with Crippen molar-refractivity contribution >= 4 is 5.91 Å². The van der Waals surface area contributed by atoms with Gasteiger partial charge in [0, 0.05) is 23.4 Å². The van der Waals surface area contributed by atoms with Gasteiger partial charge in [-0.15, -0.1) is 0 Å². The molecule has 3 rings (SSSR count). The molecule has 0 radical (unpaired) electrons. The Morgan fingerprint density at radius 1 is 1.06 bits per heavy atom. The number of hydrogen-bond acceptors (Lipinski definition) is 4. The zero-order valence-corrected chi connectivity index (χ0v) is 18.1. The maximum Gasteiger partial charge on any atom is 0.255 e. The number of carbonyl (C=O) groups is 1. The Kier molecular flexibility index (Phi) is 6.78. The van der Waals surface area contributed by atoms with Gasteiger partial charge in [-0.2, -0.15) is 0 Å². The van der Waals surface area contributed by atoms with E-state index in [1.807, 2.05) is 74.5 Å². The molecule has 5 heteroatoms. The number of hydrogen-bond donors (Lipinski definition) is 4. The SMILES string of the molecule is C/C(N)=C(\Cc1ccc(C(=O)NC2=C(N)CC=CC=C2)cc1)[C@](C)(N)c1ccccc1. The zero-order valence-electron chi connectivity index (χ0n) is 18.1. The molecule has 0 fully saturated rings. The number of amides is 1. The molecule has 0 aromatic heterocycles. The quantitative estimate of drug-likeness (QED) is 0.577. The standard InChI is InChI=1S/C26H30N4O/c1-18(27)22(26(2,29)21-9-5-3-6-10-21)17-19-13-15-20(16-14-19)25(31)30-24-12-8-4-7-11-23(24)28/h3-10,12-16H,11,17,27-29H2,1-2H3,(H,30,31)/b22-18-/t26-/m1/s1. The third kappa shape index (κ3) is 5.32. The first kappa shape index (κ1) is 22.1. The van der Waals surface area contributed by atoms with Crippen molar-refractivity contribution in [2.75, 3.05) is 0 Å². The lowest BCUT2D eigenvalue weighted by Crippen LogP contribution is -2.37. The summed E-state index contributed by atoms with van der Waals surface area (Å²) >= 11 is 0. The molecular weight excluding hydrogens is 384 g/mol. The second-order valence-corrected chi connectivity index (χ2v) is 7.99. The summed E-state index contributed by atoms with van der Waals surface area (Å²) in [5.41, 5.74) is 23.8. The largest absolute Gasteiger partial charge is 0.402 e. The summed E-state index contributed by atoms with van der Waals surface area (Å²) in [6.07, 6.45) is 8.72. The lowest BCUT2D eigenvalue weighted by molar-refractivity contribution is 0.0966. The Hall–Kier alpha value is -3.57. The van der Waals surface area contributed by atoms with Crippen LogP contribution in [0.4, 0.5) is 0 Å². The van der Waals surface area contributed by atoms with Gasteiger partial charge >= 0.3 is 0 Å². The number of benzene rings is 2. The Labute approximate surface area is 184 Å². The van der Waals surface area contributed by atoms with E-state index in [9.17, 15) is 4.79 Å². The van der Waals surface area contributed by atoms with Crippen LogP contribution in [0.15, 0.2) is 102 Å². The molecule has 31 heavy (non-hydrogen) atoms. The minimum absolute atomic E-state index is 0.199. The topological polar surface area (TPSA) is 107 Å². The molecule has 5 nitrogen and oxygen atoms in total. The molecular formula is C26H30N4O. The van der Waals surface area contributed by atoms with Gasteiger partial charge in [0.15, 0.2) is 0 Å². The molecule has 0 heterocycles. The molecule has 160 valence electrons. The molecule has 0 saturated heterocycles. The minimum atomic E-state index is -0.694. The van der Waals surface area contributed by atoms with Crippen molar-refractivity contribution in [2.45, 2.75) is 32.2 Å². The minimum Gasteiger partial charge on any atom is -0.402 e. The van der Waals surface area contributed by atoms with E-state index in [0.29, 0.717) is 35.5 Å². The van der Waals surface area contributed by atoms with Gasteiger partial charge in [0.25, 0.3) is 5.91 Å². The lowest BCUT2D eigenvalue weighted by atomic mass is 9.81. The van der Waals surface area contributed by atoms with Gasteiger partial charge in [0.1, 0.15) is 0 Å². The number of allylic oxidation sites excluding steroid dienone is 5. The highest BCUT2D eigenvalue weighted by Crippen LogP contribution is 2.30. The zero-order chi connectivity index (χ0) is 22.4. The van der Waals surface area contributed by atoms with Crippen LogP contribution in [0.25, 0.3) is 0 Å². The monoisotopic (exact) mass is 414 g/mol. The first-order valence-corrected chi connectivity index (χ1v) is 10.3. The van der Waals surface area contributed by atoms with Crippen LogP contribution in [0, 0.1) is 0 Å². The molecule has 0 unspecified atom stereocenters. The summed E-state index contributed by atoms with van der Waals surface area (Å²) in [5.74, 6) is -0.199. The normalized spacial score (nSPS) is 16.4. The lowest BCUT2D eigenvalue weighted by Gasteiger charge is -2.30. The van der Waals surface area contributed by atoms with Gasteiger partial charge in [-0.3, -0.25) is 4.79 Å².